The van der Waals surface area contributed by atoms with E-state index in [4.69, 9.17) is 16.3 Å². The molecule has 1 aliphatic rings. The maximum Gasteiger partial charge on any atom is 0.405 e. The van der Waals surface area contributed by atoms with Crippen LogP contribution in [0.25, 0.3) is 0 Å². The van der Waals surface area contributed by atoms with E-state index in [-0.39, 0.29) is 30.5 Å². The van der Waals surface area contributed by atoms with Crippen LogP contribution in [0.2, 0.25) is 5.02 Å². The molecule has 2 aromatic carbocycles. The monoisotopic (exact) mass is 736 g/mol. The van der Waals surface area contributed by atoms with Crippen molar-refractivity contribution in [2.24, 2.45) is 11.8 Å². The number of aromatic nitrogens is 1. The molecule has 3 N–H and O–H groups in total. The summed E-state index contributed by atoms with van der Waals surface area (Å²) in [4.78, 5) is 70.3. The first kappa shape index (κ1) is 38.9. The lowest BCUT2D eigenvalue weighted by Gasteiger charge is -2.35. The third-order valence-corrected chi connectivity index (χ3v) is 8.66. The van der Waals surface area contributed by atoms with Gasteiger partial charge in [-0.25, -0.2) is 0 Å². The molecule has 0 bridgehead atoms. The molecule has 16 heteroatoms. The number of pyridine rings is 1. The van der Waals surface area contributed by atoms with E-state index in [1.54, 1.807) is 36.4 Å². The average Bonchev–Trinajstić information content (AvgIpc) is 3.07. The van der Waals surface area contributed by atoms with E-state index in [1.807, 2.05) is 0 Å². The second kappa shape index (κ2) is 16.9. The summed E-state index contributed by atoms with van der Waals surface area (Å²) in [6, 6.07) is 14.0. The highest BCUT2D eigenvalue weighted by Crippen LogP contribution is 2.40. The van der Waals surface area contributed by atoms with Crippen LogP contribution >= 0.6 is 11.6 Å². The van der Waals surface area contributed by atoms with Crippen molar-refractivity contribution in [3.8, 4) is 5.75 Å². The number of alkyl halides is 5. The van der Waals surface area contributed by atoms with Gasteiger partial charge in [-0.2, -0.15) is 22.0 Å². The summed E-state index contributed by atoms with van der Waals surface area (Å²) < 4.78 is 73.1. The van der Waals surface area contributed by atoms with Gasteiger partial charge >= 0.3 is 12.1 Å². The van der Waals surface area contributed by atoms with E-state index in [1.165, 1.54) is 43.6 Å². The minimum absolute atomic E-state index is 0.00812. The molecule has 1 aliphatic carbocycles. The van der Waals surface area contributed by atoms with E-state index in [0.29, 0.717) is 22.8 Å². The Kier molecular flexibility index (Phi) is 12.9. The summed E-state index contributed by atoms with van der Waals surface area (Å²) in [5.74, 6) is -13.9. The number of carbonyl (C=O) groups excluding carboxylic acids is 5. The van der Waals surface area contributed by atoms with Crippen molar-refractivity contribution in [3.05, 3.63) is 94.8 Å². The molecule has 1 saturated carbocycles. The van der Waals surface area contributed by atoms with E-state index in [2.05, 4.69) is 15.6 Å². The smallest absolute Gasteiger partial charge is 0.405 e. The molecule has 51 heavy (non-hydrogen) atoms. The lowest BCUT2D eigenvalue weighted by Crippen LogP contribution is -2.53. The number of rotatable bonds is 16. The number of nitrogens with zero attached hydrogens (tertiary/aromatic N) is 1. The predicted molar refractivity (Wildman–Crippen MR) is 174 cm³/mol. The maximum absolute atomic E-state index is 15.0. The molecule has 1 aromatic heterocycles. The first-order valence-electron chi connectivity index (χ1n) is 15.8. The lowest BCUT2D eigenvalue weighted by molar-refractivity contribution is -0.168. The molecule has 0 unspecified atom stereocenters. The molecule has 0 saturated heterocycles. The summed E-state index contributed by atoms with van der Waals surface area (Å²) in [7, 11) is 1.39. The van der Waals surface area contributed by atoms with Crippen molar-refractivity contribution >= 4 is 40.9 Å². The average molecular weight is 737 g/mol. The Labute approximate surface area is 294 Å². The van der Waals surface area contributed by atoms with Gasteiger partial charge in [0.05, 0.1) is 7.11 Å². The zero-order chi connectivity index (χ0) is 37.3. The number of halogens is 6. The van der Waals surface area contributed by atoms with Crippen molar-refractivity contribution in [1.29, 1.82) is 0 Å². The quantitative estimate of drug-likeness (QED) is 0.136. The number of ketones is 2. The Bertz CT molecular complexity index is 1720. The Balaban J connectivity index is 1.64. The normalized spacial score (nSPS) is 15.0. The van der Waals surface area contributed by atoms with Gasteiger partial charge in [0, 0.05) is 30.0 Å². The number of methoxy groups -OCH3 is 1. The van der Waals surface area contributed by atoms with Crippen LogP contribution in [-0.2, 0) is 25.6 Å². The number of nitrogens with one attached hydrogen (secondary N) is 3. The van der Waals surface area contributed by atoms with Crippen LogP contribution in [0.5, 0.6) is 5.75 Å². The Morgan fingerprint density at radius 3 is 2.22 bits per heavy atom. The maximum atomic E-state index is 15.0. The van der Waals surface area contributed by atoms with Gasteiger partial charge in [-0.15, -0.1) is 0 Å². The first-order chi connectivity index (χ1) is 24.1. The minimum Gasteiger partial charge on any atom is -0.497 e. The third-order valence-electron chi connectivity index (χ3n) is 8.43. The molecule has 272 valence electrons. The minimum atomic E-state index is -5.01. The summed E-state index contributed by atoms with van der Waals surface area (Å²) >= 11 is 6.14. The fraction of sp³-hybridized carbons (Fsp3) is 0.371. The van der Waals surface area contributed by atoms with Crippen molar-refractivity contribution in [2.45, 2.75) is 56.3 Å². The molecule has 3 atom stereocenters. The molecule has 0 aliphatic heterocycles. The number of hydrogen-bond acceptors (Lipinski definition) is 7. The molecule has 10 nitrogen and oxygen atoms in total. The molecule has 1 heterocycles. The lowest BCUT2D eigenvalue weighted by atomic mass is 9.70. The van der Waals surface area contributed by atoms with E-state index < -0.39 is 78.3 Å². The zero-order valence-corrected chi connectivity index (χ0v) is 27.9. The van der Waals surface area contributed by atoms with Gasteiger partial charge in [-0.3, -0.25) is 29.0 Å². The van der Waals surface area contributed by atoms with E-state index in [0.717, 1.165) is 5.32 Å². The fourth-order valence-electron chi connectivity index (χ4n) is 5.51. The molecule has 3 aromatic rings. The molecule has 3 amide bonds. The highest BCUT2D eigenvalue weighted by atomic mass is 35.5. The Hall–Kier alpha value is -4.92. The molecular weight excluding hydrogens is 703 g/mol. The molecule has 0 spiro atoms. The van der Waals surface area contributed by atoms with Crippen molar-refractivity contribution < 1.29 is 50.7 Å². The highest BCUT2D eigenvalue weighted by molar-refractivity contribution is 6.30. The van der Waals surface area contributed by atoms with E-state index >= 15 is 8.78 Å². The number of hydrogen-bond donors (Lipinski definition) is 3. The van der Waals surface area contributed by atoms with Crippen LogP contribution < -0.4 is 20.7 Å². The van der Waals surface area contributed by atoms with Gasteiger partial charge in [-0.05, 0) is 66.3 Å². The third kappa shape index (κ3) is 10.5. The van der Waals surface area contributed by atoms with Gasteiger partial charge in [-0.1, -0.05) is 48.4 Å². The van der Waals surface area contributed by atoms with Gasteiger partial charge in [0.1, 0.15) is 30.1 Å². The van der Waals surface area contributed by atoms with Crippen molar-refractivity contribution in [3.63, 3.8) is 0 Å². The van der Waals surface area contributed by atoms with Crippen molar-refractivity contribution in [2.75, 3.05) is 13.7 Å². The van der Waals surface area contributed by atoms with Crippen molar-refractivity contribution in [1.82, 2.24) is 20.9 Å². The SMILES string of the molecule is COc1ccc([C@H](NC(=O)[C@H](Cc2cccc(Cl)c2)NC(=O)c2ccccn2)C(=O)C[C@H](C(=O)C(F)(F)C(=O)NCC(F)(F)F)C2CCC2)cc1. The summed E-state index contributed by atoms with van der Waals surface area (Å²) in [6.45, 7) is -2.08. The first-order valence-corrected chi connectivity index (χ1v) is 16.2. The van der Waals surface area contributed by atoms with Crippen LogP contribution in [0.1, 0.15) is 53.3 Å². The molecular formula is C35H34ClF5N4O6. The van der Waals surface area contributed by atoms with Crippen LogP contribution in [-0.4, -0.2) is 66.1 Å². The van der Waals surface area contributed by atoms with Gasteiger partial charge in [0.15, 0.2) is 5.78 Å². The van der Waals surface area contributed by atoms with Gasteiger partial charge in [0.2, 0.25) is 11.7 Å². The number of ether oxygens (including phenoxy) is 1. The van der Waals surface area contributed by atoms with E-state index in [9.17, 15) is 37.1 Å². The topological polar surface area (TPSA) is 144 Å². The number of benzene rings is 2. The highest BCUT2D eigenvalue weighted by Gasteiger charge is 2.53. The summed E-state index contributed by atoms with van der Waals surface area (Å²) in [5.41, 5.74) is 0.699. The predicted octanol–water partition coefficient (Wildman–Crippen LogP) is 5.20. The molecule has 1 fully saturated rings. The largest absolute Gasteiger partial charge is 0.497 e. The van der Waals surface area contributed by atoms with Crippen LogP contribution in [0.15, 0.2) is 72.9 Å². The number of amides is 3. The summed E-state index contributed by atoms with van der Waals surface area (Å²) in [5, 5.41) is 6.57. The molecule has 0 radical (unpaired) electrons. The zero-order valence-electron chi connectivity index (χ0n) is 27.1. The Morgan fingerprint density at radius 2 is 1.65 bits per heavy atom. The standard InChI is InChI=1S/C35H34ClF5N4O6/c1-51-24-13-11-22(12-14-24)29(28(46)18-25(21-7-5-8-21)30(47)35(40,41)33(50)43-19-34(37,38)39)45-32(49)27(17-20-6-4-9-23(36)16-20)44-31(48)26-10-2-3-15-42-26/h2-4,6,9-16,21,25,27,29H,5,7-8,17-19H2,1H3,(H,43,50)(H,44,48)(H,45,49)/t25-,27-,29-/m0/s1. The Morgan fingerprint density at radius 1 is 0.941 bits per heavy atom. The molecule has 4 rings (SSSR count). The number of carbonyl (C=O) groups is 5. The van der Waals surface area contributed by atoms with Crippen LogP contribution in [0.4, 0.5) is 22.0 Å². The fourth-order valence-corrected chi connectivity index (χ4v) is 5.73. The second-order valence-corrected chi connectivity index (χ2v) is 12.4. The summed E-state index contributed by atoms with van der Waals surface area (Å²) in [6.07, 6.45) is -3.56. The number of Topliss-reactive ketones (excluding diaryl/α,β-unsaturated/α-hetero) is 2. The van der Waals surface area contributed by atoms with Gasteiger partial charge in [0.25, 0.3) is 11.8 Å². The second-order valence-electron chi connectivity index (χ2n) is 12.0. The van der Waals surface area contributed by atoms with Crippen LogP contribution in [0.3, 0.4) is 0 Å². The van der Waals surface area contributed by atoms with Gasteiger partial charge < -0.3 is 20.7 Å². The van der Waals surface area contributed by atoms with Crippen LogP contribution in [0, 0.1) is 11.8 Å².